The molecule has 0 aromatic heterocycles. The highest BCUT2D eigenvalue weighted by molar-refractivity contribution is 7.99. The van der Waals surface area contributed by atoms with Gasteiger partial charge in [0.2, 0.25) is 5.91 Å². The minimum Gasteiger partial charge on any atom is -0.497 e. The molecule has 1 aliphatic heterocycles. The van der Waals surface area contributed by atoms with Crippen molar-refractivity contribution in [1.82, 2.24) is 20.9 Å². The third-order valence-electron chi connectivity index (χ3n) is 8.80. The number of thioether (sulfide) groups is 1. The van der Waals surface area contributed by atoms with Gasteiger partial charge < -0.3 is 20.7 Å². The molecule has 270 valence electrons. The van der Waals surface area contributed by atoms with E-state index in [4.69, 9.17) is 4.74 Å². The molecule has 3 N–H and O–H groups in total. The van der Waals surface area contributed by atoms with Gasteiger partial charge in [0.15, 0.2) is 6.04 Å². The van der Waals surface area contributed by atoms with Crippen LogP contribution in [0.4, 0.5) is 0 Å². The van der Waals surface area contributed by atoms with Crippen LogP contribution in [0.15, 0.2) is 109 Å². The van der Waals surface area contributed by atoms with Crippen LogP contribution in [0.25, 0.3) is 0 Å². The van der Waals surface area contributed by atoms with Crippen LogP contribution in [-0.2, 0) is 33.0 Å². The van der Waals surface area contributed by atoms with E-state index in [9.17, 15) is 24.0 Å². The van der Waals surface area contributed by atoms with Crippen LogP contribution in [0.1, 0.15) is 56.7 Å². The maximum atomic E-state index is 13.9. The Balaban J connectivity index is 1.24. The van der Waals surface area contributed by atoms with Gasteiger partial charge in [-0.1, -0.05) is 91.3 Å². The molecule has 0 radical (unpaired) electrons. The van der Waals surface area contributed by atoms with Gasteiger partial charge in [-0.05, 0) is 66.6 Å². The monoisotopic (exact) mass is 720 g/mol. The summed E-state index contributed by atoms with van der Waals surface area (Å²) < 4.78 is 5.27. The van der Waals surface area contributed by atoms with Crippen LogP contribution in [0, 0.1) is 0 Å². The Labute approximate surface area is 308 Å². The molecule has 4 aromatic rings. The second-order valence-corrected chi connectivity index (χ2v) is 13.6. The number of imide groups is 1. The molecule has 1 heterocycles. The largest absolute Gasteiger partial charge is 0.497 e. The fourth-order valence-corrected chi connectivity index (χ4v) is 7.03. The van der Waals surface area contributed by atoms with Crippen molar-refractivity contribution in [2.24, 2.45) is 0 Å². The third kappa shape index (κ3) is 10.6. The topological polar surface area (TPSA) is 134 Å². The summed E-state index contributed by atoms with van der Waals surface area (Å²) >= 11 is 1.40. The maximum absolute atomic E-state index is 13.9. The van der Waals surface area contributed by atoms with Crippen LogP contribution in [0.5, 0.6) is 5.75 Å². The van der Waals surface area contributed by atoms with Gasteiger partial charge in [-0.25, -0.2) is 0 Å². The van der Waals surface area contributed by atoms with Crippen molar-refractivity contribution in [3.05, 3.63) is 137 Å². The predicted octanol–water partition coefficient (Wildman–Crippen LogP) is 4.97. The molecular weight excluding hydrogens is 677 g/mol. The molecule has 52 heavy (non-hydrogen) atoms. The highest BCUT2D eigenvalue weighted by Crippen LogP contribution is 2.26. The summed E-state index contributed by atoms with van der Waals surface area (Å²) in [4.78, 5) is 67.9. The summed E-state index contributed by atoms with van der Waals surface area (Å²) in [6.07, 6.45) is 2.54. The Hall–Kier alpha value is -5.42. The molecule has 0 saturated carbocycles. The van der Waals surface area contributed by atoms with Crippen LogP contribution < -0.4 is 20.7 Å². The average molecular weight is 721 g/mol. The zero-order chi connectivity index (χ0) is 36.7. The number of ether oxygens (including phenoxy) is 1. The fraction of sp³-hybridized carbons (Fsp3) is 0.293. The molecule has 0 saturated heterocycles. The fourth-order valence-electron chi connectivity index (χ4n) is 5.89. The lowest BCUT2D eigenvalue weighted by Crippen LogP contribution is -2.57. The van der Waals surface area contributed by atoms with Crippen molar-refractivity contribution in [2.75, 3.05) is 26.7 Å². The second-order valence-electron chi connectivity index (χ2n) is 12.4. The molecule has 0 bridgehead atoms. The summed E-state index contributed by atoms with van der Waals surface area (Å²) in [6, 6.07) is 32.2. The maximum Gasteiger partial charge on any atom is 0.261 e. The van der Waals surface area contributed by atoms with Gasteiger partial charge in [0.05, 0.1) is 23.5 Å². The number of carbonyl (C=O) groups excluding carboxylic acids is 5. The molecule has 0 unspecified atom stereocenters. The van der Waals surface area contributed by atoms with Crippen molar-refractivity contribution >= 4 is 41.3 Å². The Bertz CT molecular complexity index is 1730. The Morgan fingerprint density at radius 1 is 0.654 bits per heavy atom. The summed E-state index contributed by atoms with van der Waals surface area (Å²) in [5.74, 6) is -1.04. The minimum atomic E-state index is -1.44. The average Bonchev–Trinajstić information content (AvgIpc) is 3.42. The van der Waals surface area contributed by atoms with Crippen LogP contribution >= 0.6 is 11.8 Å². The molecule has 5 rings (SSSR count). The number of hydrogen-bond donors (Lipinski definition) is 3. The molecule has 0 fully saturated rings. The smallest absolute Gasteiger partial charge is 0.261 e. The van der Waals surface area contributed by atoms with Crippen molar-refractivity contribution in [3.8, 4) is 5.75 Å². The number of benzene rings is 4. The number of carbonyl (C=O) groups is 5. The number of unbranched alkanes of at least 4 members (excludes halogenated alkanes) is 1. The summed E-state index contributed by atoms with van der Waals surface area (Å²) in [6.45, 7) is 0.806. The molecule has 0 spiro atoms. The first-order chi connectivity index (χ1) is 25.3. The van der Waals surface area contributed by atoms with Gasteiger partial charge in [-0.15, -0.1) is 11.8 Å². The first kappa shape index (κ1) is 37.8. The number of hydrogen-bond acceptors (Lipinski definition) is 7. The Morgan fingerprint density at radius 2 is 1.17 bits per heavy atom. The molecule has 5 amide bonds. The van der Waals surface area contributed by atoms with Gasteiger partial charge in [0.25, 0.3) is 23.6 Å². The summed E-state index contributed by atoms with van der Waals surface area (Å²) in [5.41, 5.74) is 3.84. The van der Waals surface area contributed by atoms with E-state index in [0.717, 1.165) is 22.4 Å². The number of fused-ring (bicyclic) bond motifs is 1. The Kier molecular flexibility index (Phi) is 14.0. The number of rotatable bonds is 19. The first-order valence-electron chi connectivity index (χ1n) is 17.5. The lowest BCUT2D eigenvalue weighted by molar-refractivity contribution is -0.136. The van der Waals surface area contributed by atoms with Gasteiger partial charge in [0, 0.05) is 25.4 Å². The van der Waals surface area contributed by atoms with Crippen molar-refractivity contribution in [1.29, 1.82) is 0 Å². The molecule has 0 aliphatic carbocycles. The minimum absolute atomic E-state index is 0.222. The molecule has 11 heteroatoms. The summed E-state index contributed by atoms with van der Waals surface area (Å²) in [5, 5.41) is 7.79. The van der Waals surface area contributed by atoms with E-state index >= 15 is 0 Å². The van der Waals surface area contributed by atoms with Gasteiger partial charge >= 0.3 is 0 Å². The number of methoxy groups -OCH3 is 1. The molecule has 4 aromatic carbocycles. The highest BCUT2D eigenvalue weighted by atomic mass is 32.2. The van der Waals surface area contributed by atoms with E-state index in [2.05, 4.69) is 16.0 Å². The van der Waals surface area contributed by atoms with Gasteiger partial charge in [0.1, 0.15) is 5.75 Å². The van der Waals surface area contributed by atoms with Crippen molar-refractivity contribution in [2.45, 2.75) is 49.1 Å². The number of nitrogens with one attached hydrogen (secondary N) is 3. The normalized spacial score (nSPS) is 12.7. The van der Waals surface area contributed by atoms with E-state index in [1.165, 1.54) is 16.7 Å². The molecular formula is C41H44N4O6S. The lowest BCUT2D eigenvalue weighted by atomic mass is 10.1. The van der Waals surface area contributed by atoms with E-state index in [1.807, 2.05) is 84.9 Å². The number of amides is 5. The van der Waals surface area contributed by atoms with Crippen LogP contribution in [0.2, 0.25) is 0 Å². The van der Waals surface area contributed by atoms with Crippen LogP contribution in [-0.4, -0.2) is 72.5 Å². The zero-order valence-electron chi connectivity index (χ0n) is 29.2. The molecule has 10 nitrogen and oxygen atoms in total. The Morgan fingerprint density at radius 3 is 1.69 bits per heavy atom. The summed E-state index contributed by atoms with van der Waals surface area (Å²) in [7, 11) is 1.60. The standard InChI is InChI=1S/C41H44N4O6S/c1-51-32-21-19-31(20-22-32)28-52-35(18-10-11-27-45-40(49)33-16-8-9-17-34(33)41(45)50)37(46)44-36(38(47)42-25-23-29-12-4-2-5-13-29)39(48)43-26-24-30-14-6-3-7-15-30/h2-9,12-17,19-22,35-36H,10-11,18,23-28H2,1H3,(H,42,47)(H,43,48)(H,44,46)/t35-/m0/s1. The zero-order valence-corrected chi connectivity index (χ0v) is 30.0. The number of nitrogens with zero attached hydrogens (tertiary/aromatic N) is 1. The van der Waals surface area contributed by atoms with Gasteiger partial charge in [-0.3, -0.25) is 28.9 Å². The SMILES string of the molecule is COc1ccc(CS[C@@H](CCCCN2C(=O)c3ccccc3C2=O)C(=O)NC(C(=O)NCCc2ccccc2)C(=O)NCCc2ccccc2)cc1. The quantitative estimate of drug-likeness (QED) is 0.0708. The van der Waals surface area contributed by atoms with E-state index in [0.29, 0.717) is 62.1 Å². The first-order valence-corrected chi connectivity index (χ1v) is 18.5. The van der Waals surface area contributed by atoms with E-state index < -0.39 is 29.0 Å². The molecule has 1 atom stereocenters. The van der Waals surface area contributed by atoms with E-state index in [-0.39, 0.29) is 18.4 Å². The van der Waals surface area contributed by atoms with Gasteiger partial charge in [-0.2, -0.15) is 0 Å². The molecule has 1 aliphatic rings. The lowest BCUT2D eigenvalue weighted by Gasteiger charge is -2.22. The van der Waals surface area contributed by atoms with E-state index in [1.54, 1.807) is 31.4 Å². The van der Waals surface area contributed by atoms with Crippen molar-refractivity contribution in [3.63, 3.8) is 0 Å². The predicted molar refractivity (Wildman–Crippen MR) is 202 cm³/mol. The van der Waals surface area contributed by atoms with Crippen molar-refractivity contribution < 1.29 is 28.7 Å². The van der Waals surface area contributed by atoms with Crippen LogP contribution in [0.3, 0.4) is 0 Å². The second kappa shape index (κ2) is 19.3. The highest BCUT2D eigenvalue weighted by Gasteiger charge is 2.35. The third-order valence-corrected chi connectivity index (χ3v) is 10.2.